The predicted molar refractivity (Wildman–Crippen MR) is 117 cm³/mol. The molecule has 188 valence electrons. The molecule has 3 atom stereocenters. The first-order chi connectivity index (χ1) is 16.0. The Bertz CT molecular complexity index is 884. The average molecular weight is 483 g/mol. The summed E-state index contributed by atoms with van der Waals surface area (Å²) in [7, 11) is 0. The van der Waals surface area contributed by atoms with Gasteiger partial charge < -0.3 is 48.3 Å². The third-order valence-corrected chi connectivity index (χ3v) is 4.34. The molecule has 0 aliphatic rings. The van der Waals surface area contributed by atoms with Crippen molar-refractivity contribution in [3.8, 4) is 0 Å². The van der Waals surface area contributed by atoms with Gasteiger partial charge in [-0.15, -0.1) is 0 Å². The van der Waals surface area contributed by atoms with Gasteiger partial charge >= 0.3 is 11.9 Å². The predicted octanol–water partition coefficient (Wildman–Crippen LogP) is -4.02. The fourth-order valence-electron chi connectivity index (χ4n) is 2.72. The summed E-state index contributed by atoms with van der Waals surface area (Å²) in [6, 6.07) is -3.83. The molecule has 12 N–H and O–H groups in total. The van der Waals surface area contributed by atoms with Crippen LogP contribution in [0, 0.1) is 0 Å². The van der Waals surface area contributed by atoms with Crippen LogP contribution >= 0.6 is 0 Å². The number of amides is 3. The van der Waals surface area contributed by atoms with Gasteiger partial charge in [-0.2, -0.15) is 0 Å². The number of aromatic amines is 1. The molecular formula is C18H29N9O7. The smallest absolute Gasteiger partial charge is 0.322 e. The van der Waals surface area contributed by atoms with Crippen molar-refractivity contribution in [2.24, 2.45) is 22.2 Å². The lowest BCUT2D eigenvalue weighted by Gasteiger charge is -2.23. The Morgan fingerprint density at radius 1 is 1.03 bits per heavy atom. The number of rotatable bonds is 15. The van der Waals surface area contributed by atoms with E-state index in [-0.39, 0.29) is 31.8 Å². The monoisotopic (exact) mass is 483 g/mol. The Kier molecular flexibility index (Phi) is 11.5. The quantitative estimate of drug-likeness (QED) is 0.0657. The zero-order valence-electron chi connectivity index (χ0n) is 18.2. The van der Waals surface area contributed by atoms with Crippen molar-refractivity contribution < 1.29 is 34.2 Å². The van der Waals surface area contributed by atoms with E-state index < -0.39 is 60.8 Å². The highest BCUT2D eigenvalue weighted by molar-refractivity contribution is 5.95. The molecule has 16 heteroatoms. The lowest BCUT2D eigenvalue weighted by Crippen LogP contribution is -2.56. The summed E-state index contributed by atoms with van der Waals surface area (Å²) in [5, 5.41) is 24.4. The molecule has 0 saturated carbocycles. The molecule has 0 fully saturated rings. The number of carbonyl (C=O) groups excluding carboxylic acids is 3. The van der Waals surface area contributed by atoms with Gasteiger partial charge in [0.05, 0.1) is 18.8 Å². The second-order valence-electron chi connectivity index (χ2n) is 7.17. The highest BCUT2D eigenvalue weighted by atomic mass is 16.4. The Morgan fingerprint density at radius 3 is 2.26 bits per heavy atom. The van der Waals surface area contributed by atoms with Crippen molar-refractivity contribution in [2.45, 2.75) is 43.8 Å². The van der Waals surface area contributed by atoms with Crippen molar-refractivity contribution in [3.05, 3.63) is 18.2 Å². The number of guanidine groups is 1. The summed E-state index contributed by atoms with van der Waals surface area (Å²) >= 11 is 0. The van der Waals surface area contributed by atoms with E-state index in [1.54, 1.807) is 0 Å². The maximum absolute atomic E-state index is 12.8. The van der Waals surface area contributed by atoms with E-state index in [0.29, 0.717) is 5.69 Å². The average Bonchev–Trinajstić information content (AvgIpc) is 3.25. The normalized spacial score (nSPS) is 13.1. The first-order valence-electron chi connectivity index (χ1n) is 10.1. The Hall–Kier alpha value is -4.21. The van der Waals surface area contributed by atoms with Gasteiger partial charge in [-0.05, 0) is 12.8 Å². The zero-order valence-corrected chi connectivity index (χ0v) is 18.2. The van der Waals surface area contributed by atoms with Crippen LogP contribution in [0.4, 0.5) is 0 Å². The van der Waals surface area contributed by atoms with Crippen LogP contribution in [0.5, 0.6) is 0 Å². The first-order valence-corrected chi connectivity index (χ1v) is 10.1. The fourth-order valence-corrected chi connectivity index (χ4v) is 2.72. The van der Waals surface area contributed by atoms with Gasteiger partial charge in [-0.1, -0.05) is 0 Å². The largest absolute Gasteiger partial charge is 0.481 e. The third kappa shape index (κ3) is 10.9. The van der Waals surface area contributed by atoms with Crippen molar-refractivity contribution in [1.29, 1.82) is 0 Å². The van der Waals surface area contributed by atoms with E-state index in [0.717, 1.165) is 0 Å². The minimum absolute atomic E-state index is 0.0294. The van der Waals surface area contributed by atoms with Crippen LogP contribution in [0.25, 0.3) is 0 Å². The van der Waals surface area contributed by atoms with E-state index in [9.17, 15) is 24.0 Å². The number of carbonyl (C=O) groups is 5. The molecule has 1 aromatic heterocycles. The van der Waals surface area contributed by atoms with Gasteiger partial charge in [0.15, 0.2) is 5.96 Å². The molecule has 1 rings (SSSR count). The van der Waals surface area contributed by atoms with Crippen LogP contribution < -0.4 is 33.2 Å². The summed E-state index contributed by atoms with van der Waals surface area (Å²) in [5.74, 6) is -5.50. The van der Waals surface area contributed by atoms with Gasteiger partial charge in [0.2, 0.25) is 17.7 Å². The highest BCUT2D eigenvalue weighted by Crippen LogP contribution is 2.04. The lowest BCUT2D eigenvalue weighted by atomic mass is 10.1. The fraction of sp³-hybridized carbons (Fsp3) is 0.500. The molecule has 0 bridgehead atoms. The summed E-state index contributed by atoms with van der Waals surface area (Å²) in [5.41, 5.74) is 17.0. The molecule has 34 heavy (non-hydrogen) atoms. The molecule has 0 aliphatic carbocycles. The van der Waals surface area contributed by atoms with Crippen LogP contribution in [0.2, 0.25) is 0 Å². The SMILES string of the molecule is NC(N)=NCCCC(NC(=O)C(N)Cc1cnc[nH]1)C(=O)NC(CC(=O)O)C(=O)NCC(=O)O. The van der Waals surface area contributed by atoms with E-state index >= 15 is 0 Å². The van der Waals surface area contributed by atoms with Crippen molar-refractivity contribution in [2.75, 3.05) is 13.1 Å². The summed E-state index contributed by atoms with van der Waals surface area (Å²) in [6.07, 6.45) is 2.47. The summed E-state index contributed by atoms with van der Waals surface area (Å²) in [4.78, 5) is 69.7. The first kappa shape index (κ1) is 27.8. The molecule has 0 aliphatic heterocycles. The standard InChI is InChI=1S/C18H29N9O7/c19-10(4-9-6-22-8-25-9)15(32)26-11(2-1-3-23-18(20)21)17(34)27-12(5-13(28)29)16(33)24-7-14(30)31/h6,8,10-12H,1-5,7,19H2,(H,22,25)(H,24,33)(H,26,32)(H,27,34)(H,28,29)(H,30,31)(H4,20,21,23). The van der Waals surface area contributed by atoms with Gasteiger partial charge in [0, 0.05) is 24.9 Å². The number of aliphatic imine (C=N–C) groups is 1. The van der Waals surface area contributed by atoms with Gasteiger partial charge in [-0.3, -0.25) is 29.0 Å². The van der Waals surface area contributed by atoms with Crippen molar-refractivity contribution in [1.82, 2.24) is 25.9 Å². The van der Waals surface area contributed by atoms with Crippen LogP contribution in [0.15, 0.2) is 17.5 Å². The van der Waals surface area contributed by atoms with E-state index in [1.807, 2.05) is 5.32 Å². The molecule has 0 radical (unpaired) electrons. The van der Waals surface area contributed by atoms with Crippen LogP contribution in [0.1, 0.15) is 25.0 Å². The number of carboxylic acids is 2. The number of aromatic nitrogens is 2. The lowest BCUT2D eigenvalue weighted by molar-refractivity contribution is -0.141. The molecule has 3 unspecified atom stereocenters. The number of nitrogens with zero attached hydrogens (tertiary/aromatic N) is 2. The van der Waals surface area contributed by atoms with E-state index in [2.05, 4.69) is 25.6 Å². The molecule has 1 aromatic rings. The van der Waals surface area contributed by atoms with Gasteiger partial charge in [0.1, 0.15) is 18.6 Å². The maximum atomic E-state index is 12.8. The molecule has 1 heterocycles. The number of carboxylic acid groups (broad SMARTS) is 2. The maximum Gasteiger partial charge on any atom is 0.322 e. The Labute approximate surface area is 193 Å². The summed E-state index contributed by atoms with van der Waals surface area (Å²) < 4.78 is 0. The minimum atomic E-state index is -1.58. The minimum Gasteiger partial charge on any atom is -0.481 e. The third-order valence-electron chi connectivity index (χ3n) is 4.34. The second kappa shape index (κ2) is 14.0. The molecule has 16 nitrogen and oxygen atoms in total. The van der Waals surface area contributed by atoms with E-state index in [1.165, 1.54) is 12.5 Å². The van der Waals surface area contributed by atoms with Gasteiger partial charge in [0.25, 0.3) is 0 Å². The van der Waals surface area contributed by atoms with Crippen LogP contribution in [-0.4, -0.2) is 87.0 Å². The Balaban J connectivity index is 2.91. The second-order valence-corrected chi connectivity index (χ2v) is 7.17. The zero-order chi connectivity index (χ0) is 25.7. The number of H-pyrrole nitrogens is 1. The number of hydrogen-bond acceptors (Lipinski definition) is 8. The van der Waals surface area contributed by atoms with Crippen molar-refractivity contribution >= 4 is 35.6 Å². The molecule has 3 amide bonds. The van der Waals surface area contributed by atoms with Crippen LogP contribution in [-0.2, 0) is 30.4 Å². The summed E-state index contributed by atoms with van der Waals surface area (Å²) in [6.45, 7) is -0.633. The molecular weight excluding hydrogens is 454 g/mol. The number of imidazole rings is 1. The topological polar surface area (TPSA) is 281 Å². The van der Waals surface area contributed by atoms with Crippen molar-refractivity contribution in [3.63, 3.8) is 0 Å². The number of nitrogens with two attached hydrogens (primary N) is 3. The molecule has 0 saturated heterocycles. The molecule has 0 spiro atoms. The number of hydrogen-bond donors (Lipinski definition) is 9. The highest BCUT2D eigenvalue weighted by Gasteiger charge is 2.29. The van der Waals surface area contributed by atoms with Crippen LogP contribution in [0.3, 0.4) is 0 Å². The Morgan fingerprint density at radius 2 is 1.71 bits per heavy atom. The number of aliphatic carboxylic acids is 2. The van der Waals surface area contributed by atoms with E-state index in [4.69, 9.17) is 27.4 Å². The number of nitrogens with one attached hydrogen (secondary N) is 4. The van der Waals surface area contributed by atoms with Gasteiger partial charge in [-0.25, -0.2) is 4.98 Å². The molecule has 0 aromatic carbocycles.